The lowest BCUT2D eigenvalue weighted by atomic mass is 10.3. The fourth-order valence-electron chi connectivity index (χ4n) is 0.738. The zero-order chi connectivity index (χ0) is 12.6. The molecule has 2 N–H and O–H groups in total. The normalized spacial score (nSPS) is 10.5. The lowest BCUT2D eigenvalue weighted by molar-refractivity contribution is -0.139. The average molecular weight is 231 g/mol. The molecule has 0 aromatic heterocycles. The van der Waals surface area contributed by atoms with Gasteiger partial charge in [-0.15, -0.1) is 0 Å². The number of ether oxygens (including phenoxy) is 2. The van der Waals surface area contributed by atoms with Gasteiger partial charge in [-0.25, -0.2) is 9.59 Å². The fraction of sp³-hybridized carbons (Fsp3) is 0.444. The SMILES string of the molecule is CCOC(=O)N/C(=C/CC(=O)OC)C(=O)O. The number of carbonyl (C=O) groups is 3. The Morgan fingerprint density at radius 2 is 2.00 bits per heavy atom. The summed E-state index contributed by atoms with van der Waals surface area (Å²) in [6.45, 7) is 1.70. The molecule has 0 rings (SSSR count). The highest BCUT2D eigenvalue weighted by Crippen LogP contribution is 1.96. The van der Waals surface area contributed by atoms with E-state index in [-0.39, 0.29) is 13.0 Å². The van der Waals surface area contributed by atoms with Crippen LogP contribution in [0.2, 0.25) is 0 Å². The molecule has 0 aliphatic rings. The van der Waals surface area contributed by atoms with E-state index >= 15 is 0 Å². The molecule has 1 amide bonds. The van der Waals surface area contributed by atoms with Crippen LogP contribution in [0.15, 0.2) is 11.8 Å². The first-order valence-corrected chi connectivity index (χ1v) is 4.45. The summed E-state index contributed by atoms with van der Waals surface area (Å²) in [7, 11) is 1.18. The fourth-order valence-corrected chi connectivity index (χ4v) is 0.738. The molecule has 0 aromatic rings. The summed E-state index contributed by atoms with van der Waals surface area (Å²) in [6.07, 6.45) is -0.101. The van der Waals surface area contributed by atoms with E-state index in [1.165, 1.54) is 7.11 Å². The summed E-state index contributed by atoms with van der Waals surface area (Å²) in [5.74, 6) is -1.97. The van der Waals surface area contributed by atoms with Crippen molar-refractivity contribution in [1.29, 1.82) is 0 Å². The van der Waals surface area contributed by atoms with Crippen molar-refractivity contribution in [1.82, 2.24) is 5.32 Å². The minimum Gasteiger partial charge on any atom is -0.477 e. The molecule has 0 aliphatic heterocycles. The van der Waals surface area contributed by atoms with E-state index in [2.05, 4.69) is 9.47 Å². The van der Waals surface area contributed by atoms with Crippen LogP contribution in [-0.2, 0) is 19.1 Å². The van der Waals surface area contributed by atoms with Gasteiger partial charge in [0, 0.05) is 0 Å². The molecule has 0 unspecified atom stereocenters. The molecule has 0 heterocycles. The Hall–Kier alpha value is -2.05. The zero-order valence-electron chi connectivity index (χ0n) is 8.98. The van der Waals surface area contributed by atoms with Crippen LogP contribution in [0.25, 0.3) is 0 Å². The standard InChI is InChI=1S/C9H13NO6/c1-3-16-9(14)10-6(8(12)13)4-5-7(11)15-2/h4H,3,5H2,1-2H3,(H,10,14)(H,12,13)/b6-4+. The van der Waals surface area contributed by atoms with Gasteiger partial charge in [-0.05, 0) is 13.0 Å². The second-order valence-corrected chi connectivity index (χ2v) is 2.55. The smallest absolute Gasteiger partial charge is 0.411 e. The number of rotatable bonds is 5. The molecule has 0 radical (unpaired) electrons. The van der Waals surface area contributed by atoms with Gasteiger partial charge in [0.15, 0.2) is 0 Å². The summed E-state index contributed by atoms with van der Waals surface area (Å²) in [6, 6.07) is 0. The van der Waals surface area contributed by atoms with Crippen molar-refractivity contribution in [3.63, 3.8) is 0 Å². The van der Waals surface area contributed by atoms with Crippen LogP contribution in [0.1, 0.15) is 13.3 Å². The Morgan fingerprint density at radius 1 is 1.38 bits per heavy atom. The molecule has 0 fully saturated rings. The maximum atomic E-state index is 10.9. The summed E-state index contributed by atoms with van der Waals surface area (Å²) in [5.41, 5.74) is -0.427. The summed E-state index contributed by atoms with van der Waals surface area (Å²) in [4.78, 5) is 32.3. The van der Waals surface area contributed by atoms with Crippen LogP contribution >= 0.6 is 0 Å². The Balaban J connectivity index is 4.43. The third kappa shape index (κ3) is 5.63. The highest BCUT2D eigenvalue weighted by Gasteiger charge is 2.12. The Kier molecular flexibility index (Phi) is 6.34. The maximum absolute atomic E-state index is 10.9. The van der Waals surface area contributed by atoms with Gasteiger partial charge in [0.25, 0.3) is 0 Å². The van der Waals surface area contributed by atoms with Crippen LogP contribution in [0.5, 0.6) is 0 Å². The maximum Gasteiger partial charge on any atom is 0.411 e. The number of carboxylic acids is 1. The first-order valence-electron chi connectivity index (χ1n) is 4.45. The van der Waals surface area contributed by atoms with Gasteiger partial charge in [0.05, 0.1) is 20.1 Å². The molecule has 16 heavy (non-hydrogen) atoms. The molecule has 0 atom stereocenters. The van der Waals surface area contributed by atoms with Gasteiger partial charge in [0.1, 0.15) is 5.70 Å². The number of amides is 1. The van der Waals surface area contributed by atoms with Gasteiger partial charge in [-0.3, -0.25) is 10.1 Å². The van der Waals surface area contributed by atoms with Gasteiger partial charge in [0.2, 0.25) is 0 Å². The quantitative estimate of drug-likeness (QED) is 0.520. The molecule has 0 bridgehead atoms. The van der Waals surface area contributed by atoms with Crippen LogP contribution in [0.3, 0.4) is 0 Å². The molecule has 0 aliphatic carbocycles. The second kappa shape index (κ2) is 7.27. The molecule has 7 nitrogen and oxygen atoms in total. The van der Waals surface area contributed by atoms with Crippen molar-refractivity contribution in [2.24, 2.45) is 0 Å². The monoisotopic (exact) mass is 231 g/mol. The van der Waals surface area contributed by atoms with Crippen LogP contribution < -0.4 is 5.32 Å². The van der Waals surface area contributed by atoms with Crippen LogP contribution in [-0.4, -0.2) is 36.9 Å². The van der Waals surface area contributed by atoms with Crippen molar-refractivity contribution in [2.45, 2.75) is 13.3 Å². The van der Waals surface area contributed by atoms with Crippen molar-refractivity contribution in [2.75, 3.05) is 13.7 Å². The minimum absolute atomic E-state index is 0.121. The second-order valence-electron chi connectivity index (χ2n) is 2.55. The van der Waals surface area contributed by atoms with Gasteiger partial charge in [-0.2, -0.15) is 0 Å². The number of carbonyl (C=O) groups excluding carboxylic acids is 2. The summed E-state index contributed by atoms with van der Waals surface area (Å²) >= 11 is 0. The molecule has 90 valence electrons. The molecule has 0 aromatic carbocycles. The van der Waals surface area contributed by atoms with E-state index in [0.29, 0.717) is 0 Å². The topological polar surface area (TPSA) is 102 Å². The molecule has 0 spiro atoms. The van der Waals surface area contributed by atoms with Crippen molar-refractivity contribution < 1.29 is 29.0 Å². The van der Waals surface area contributed by atoms with Gasteiger partial charge in [-0.1, -0.05) is 0 Å². The van der Waals surface area contributed by atoms with Gasteiger partial charge < -0.3 is 14.6 Å². The van der Waals surface area contributed by atoms with E-state index in [1.807, 2.05) is 5.32 Å². The van der Waals surface area contributed by atoms with E-state index in [0.717, 1.165) is 6.08 Å². The lowest BCUT2D eigenvalue weighted by Gasteiger charge is -2.05. The number of methoxy groups -OCH3 is 1. The van der Waals surface area contributed by atoms with Crippen molar-refractivity contribution in [3.05, 3.63) is 11.8 Å². The Bertz CT molecular complexity index is 309. The van der Waals surface area contributed by atoms with Crippen molar-refractivity contribution >= 4 is 18.0 Å². The van der Waals surface area contributed by atoms with Crippen LogP contribution in [0, 0.1) is 0 Å². The van der Waals surface area contributed by atoms with E-state index in [4.69, 9.17) is 5.11 Å². The molecular weight excluding hydrogens is 218 g/mol. The number of alkyl carbamates (subject to hydrolysis) is 1. The van der Waals surface area contributed by atoms with Crippen molar-refractivity contribution in [3.8, 4) is 0 Å². The highest BCUT2D eigenvalue weighted by atomic mass is 16.5. The third-order valence-electron chi connectivity index (χ3n) is 1.44. The summed E-state index contributed by atoms with van der Waals surface area (Å²) < 4.78 is 8.80. The lowest BCUT2D eigenvalue weighted by Crippen LogP contribution is -2.28. The number of esters is 1. The molecular formula is C9H13NO6. The third-order valence-corrected chi connectivity index (χ3v) is 1.44. The number of carboxylic acid groups (broad SMARTS) is 1. The highest BCUT2D eigenvalue weighted by molar-refractivity contribution is 5.91. The number of nitrogens with one attached hydrogen (secondary N) is 1. The number of hydrogen-bond donors (Lipinski definition) is 2. The molecule has 0 saturated heterocycles. The molecule has 0 saturated carbocycles. The molecule has 7 heteroatoms. The summed E-state index contributed by atoms with van der Waals surface area (Å²) in [5, 5.41) is 10.7. The number of hydrogen-bond acceptors (Lipinski definition) is 5. The first-order chi connectivity index (χ1) is 7.51. The largest absolute Gasteiger partial charge is 0.477 e. The van der Waals surface area contributed by atoms with Crippen LogP contribution in [0.4, 0.5) is 4.79 Å². The van der Waals surface area contributed by atoms with E-state index < -0.39 is 23.7 Å². The first kappa shape index (κ1) is 13.9. The minimum atomic E-state index is -1.36. The average Bonchev–Trinajstić information content (AvgIpc) is 2.23. The predicted octanol–water partition coefficient (Wildman–Crippen LogP) is 0.264. The van der Waals surface area contributed by atoms with E-state index in [1.54, 1.807) is 6.92 Å². The zero-order valence-corrected chi connectivity index (χ0v) is 8.98. The van der Waals surface area contributed by atoms with E-state index in [9.17, 15) is 14.4 Å². The Labute approximate surface area is 92.0 Å². The predicted molar refractivity (Wildman–Crippen MR) is 52.5 cm³/mol. The number of aliphatic carboxylic acids is 1. The van der Waals surface area contributed by atoms with Gasteiger partial charge >= 0.3 is 18.0 Å². The Morgan fingerprint density at radius 3 is 2.44 bits per heavy atom.